The molecule has 0 aliphatic carbocycles. The maximum Gasteiger partial charge on any atom is 0.270 e. The van der Waals surface area contributed by atoms with Crippen molar-refractivity contribution in [3.63, 3.8) is 0 Å². The molecule has 0 aliphatic rings. The Labute approximate surface area is 160 Å². The summed E-state index contributed by atoms with van der Waals surface area (Å²) >= 11 is 11.8. The number of rotatable bonds is 6. The Bertz CT molecular complexity index is 978. The van der Waals surface area contributed by atoms with Crippen LogP contribution in [-0.2, 0) is 10.0 Å². The van der Waals surface area contributed by atoms with Crippen LogP contribution >= 0.6 is 23.2 Å². The van der Waals surface area contributed by atoms with E-state index < -0.39 is 14.9 Å². The van der Waals surface area contributed by atoms with Gasteiger partial charge >= 0.3 is 0 Å². The van der Waals surface area contributed by atoms with Crippen LogP contribution in [0.1, 0.15) is 5.56 Å². The first-order valence-electron chi connectivity index (χ1n) is 7.08. The van der Waals surface area contributed by atoms with E-state index in [1.807, 2.05) is 0 Å². The summed E-state index contributed by atoms with van der Waals surface area (Å²) in [5, 5.41) is 15.7. The van der Waals surface area contributed by atoms with E-state index in [9.17, 15) is 18.5 Å². The Hall–Kier alpha value is -2.20. The van der Waals surface area contributed by atoms with Gasteiger partial charge in [0.25, 0.3) is 5.69 Å². The van der Waals surface area contributed by atoms with Crippen LogP contribution in [0.4, 0.5) is 11.4 Å². The Morgan fingerprint density at radius 3 is 2.46 bits per heavy atom. The second-order valence-electron chi connectivity index (χ2n) is 5.26. The van der Waals surface area contributed by atoms with Crippen molar-refractivity contribution in [3.8, 4) is 0 Å². The summed E-state index contributed by atoms with van der Waals surface area (Å²) in [4.78, 5) is 10.0. The van der Waals surface area contributed by atoms with Gasteiger partial charge in [0, 0.05) is 36.8 Å². The van der Waals surface area contributed by atoms with Crippen LogP contribution in [0.5, 0.6) is 0 Å². The van der Waals surface area contributed by atoms with Crippen LogP contribution in [0.3, 0.4) is 0 Å². The predicted octanol–water partition coefficient (Wildman–Crippen LogP) is 3.60. The molecule has 11 heteroatoms. The third kappa shape index (κ3) is 4.50. The SMILES string of the molecule is CN(C)S(=O)(=O)c1cc([N+](=O)[O-])ccc1NN=Cc1ccc(Cl)cc1Cl. The van der Waals surface area contributed by atoms with Gasteiger partial charge < -0.3 is 0 Å². The molecule has 0 aliphatic heterocycles. The molecule has 0 saturated heterocycles. The lowest BCUT2D eigenvalue weighted by atomic mass is 10.2. The topological polar surface area (TPSA) is 105 Å². The maximum absolute atomic E-state index is 12.4. The van der Waals surface area contributed by atoms with Crippen LogP contribution in [0.15, 0.2) is 46.4 Å². The van der Waals surface area contributed by atoms with Crippen molar-refractivity contribution in [2.45, 2.75) is 4.90 Å². The molecule has 1 N–H and O–H groups in total. The number of nitrogens with one attached hydrogen (secondary N) is 1. The fourth-order valence-electron chi connectivity index (χ4n) is 1.90. The molecule has 0 unspecified atom stereocenters. The zero-order valence-electron chi connectivity index (χ0n) is 13.7. The standard InChI is InChI=1S/C15H14Cl2N4O4S/c1-20(2)26(24,25)15-8-12(21(22)23)5-6-14(15)19-18-9-10-3-4-11(16)7-13(10)17/h3-9,19H,1-2H3. The molecule has 2 rings (SSSR count). The molecule has 138 valence electrons. The zero-order chi connectivity index (χ0) is 19.5. The molecule has 26 heavy (non-hydrogen) atoms. The summed E-state index contributed by atoms with van der Waals surface area (Å²) < 4.78 is 25.8. The zero-order valence-corrected chi connectivity index (χ0v) is 16.0. The van der Waals surface area contributed by atoms with Gasteiger partial charge in [-0.3, -0.25) is 15.5 Å². The summed E-state index contributed by atoms with van der Waals surface area (Å²) in [6, 6.07) is 8.24. The van der Waals surface area contributed by atoms with Gasteiger partial charge in [0.15, 0.2) is 0 Å². The molecular weight excluding hydrogens is 403 g/mol. The maximum atomic E-state index is 12.4. The number of sulfonamides is 1. The van der Waals surface area contributed by atoms with Gasteiger partial charge in [-0.25, -0.2) is 12.7 Å². The molecule has 0 aromatic heterocycles. The molecule has 2 aromatic rings. The number of anilines is 1. The number of nitro benzene ring substituents is 1. The first kappa shape index (κ1) is 20.1. The number of nitro groups is 1. The van der Waals surface area contributed by atoms with E-state index in [1.165, 1.54) is 38.5 Å². The molecule has 0 saturated carbocycles. The molecule has 0 bridgehead atoms. The van der Waals surface area contributed by atoms with Crippen molar-refractivity contribution >= 4 is 50.8 Å². The lowest BCUT2D eigenvalue weighted by Gasteiger charge is -2.14. The Morgan fingerprint density at radius 2 is 1.88 bits per heavy atom. The minimum atomic E-state index is -3.92. The number of non-ortho nitro benzene ring substituents is 1. The summed E-state index contributed by atoms with van der Waals surface area (Å²) in [5.41, 5.74) is 2.88. The Balaban J connectivity index is 2.39. The molecular formula is C15H14Cl2N4O4S. The fraction of sp³-hybridized carbons (Fsp3) is 0.133. The van der Waals surface area contributed by atoms with Crippen molar-refractivity contribution in [3.05, 3.63) is 62.1 Å². The highest BCUT2D eigenvalue weighted by atomic mass is 35.5. The normalized spacial score (nSPS) is 11.9. The van der Waals surface area contributed by atoms with Crippen molar-refractivity contribution in [2.75, 3.05) is 19.5 Å². The number of benzene rings is 2. The van der Waals surface area contributed by atoms with Gasteiger partial charge in [-0.1, -0.05) is 29.3 Å². The second kappa shape index (κ2) is 8.00. The molecule has 0 heterocycles. The largest absolute Gasteiger partial charge is 0.277 e. The predicted molar refractivity (Wildman–Crippen MR) is 102 cm³/mol. The lowest BCUT2D eigenvalue weighted by molar-refractivity contribution is -0.385. The monoisotopic (exact) mass is 416 g/mol. The average molecular weight is 417 g/mol. The highest BCUT2D eigenvalue weighted by Crippen LogP contribution is 2.28. The molecule has 8 nitrogen and oxygen atoms in total. The highest BCUT2D eigenvalue weighted by Gasteiger charge is 2.24. The van der Waals surface area contributed by atoms with Crippen molar-refractivity contribution in [1.29, 1.82) is 0 Å². The van der Waals surface area contributed by atoms with Crippen LogP contribution in [0.25, 0.3) is 0 Å². The van der Waals surface area contributed by atoms with Crippen LogP contribution in [0.2, 0.25) is 10.0 Å². The highest BCUT2D eigenvalue weighted by molar-refractivity contribution is 7.89. The van der Waals surface area contributed by atoms with Gasteiger partial charge in [-0.15, -0.1) is 0 Å². The Kier molecular flexibility index (Phi) is 6.19. The number of hydrogen-bond acceptors (Lipinski definition) is 6. The number of hydrazone groups is 1. The third-order valence-corrected chi connectivity index (χ3v) is 5.70. The Morgan fingerprint density at radius 1 is 1.19 bits per heavy atom. The van der Waals surface area contributed by atoms with Gasteiger partial charge in [0.2, 0.25) is 10.0 Å². The minimum absolute atomic E-state index is 0.0886. The quantitative estimate of drug-likeness (QED) is 0.439. The second-order valence-corrected chi connectivity index (χ2v) is 8.22. The van der Waals surface area contributed by atoms with Crippen LogP contribution < -0.4 is 5.43 Å². The smallest absolute Gasteiger partial charge is 0.270 e. The molecule has 0 atom stereocenters. The third-order valence-electron chi connectivity index (χ3n) is 3.29. The van der Waals surface area contributed by atoms with E-state index in [-0.39, 0.29) is 16.3 Å². The van der Waals surface area contributed by atoms with E-state index in [1.54, 1.807) is 12.1 Å². The summed E-state index contributed by atoms with van der Waals surface area (Å²) in [7, 11) is -1.27. The number of nitrogens with zero attached hydrogens (tertiary/aromatic N) is 3. The van der Waals surface area contributed by atoms with Gasteiger partial charge in [-0.05, 0) is 18.2 Å². The molecule has 0 fully saturated rings. The van der Waals surface area contributed by atoms with E-state index in [0.717, 1.165) is 10.4 Å². The average Bonchev–Trinajstić information content (AvgIpc) is 2.56. The first-order chi connectivity index (χ1) is 12.1. The fourth-order valence-corrected chi connectivity index (χ4v) is 3.42. The van der Waals surface area contributed by atoms with Crippen molar-refractivity contribution in [2.24, 2.45) is 5.10 Å². The molecule has 0 spiro atoms. The molecule has 0 radical (unpaired) electrons. The summed E-state index contributed by atoms with van der Waals surface area (Å²) in [5.74, 6) is 0. The van der Waals surface area contributed by atoms with E-state index in [4.69, 9.17) is 23.2 Å². The lowest BCUT2D eigenvalue weighted by Crippen LogP contribution is -2.23. The summed E-state index contributed by atoms with van der Waals surface area (Å²) in [6.07, 6.45) is 1.38. The van der Waals surface area contributed by atoms with E-state index in [2.05, 4.69) is 10.5 Å². The van der Waals surface area contributed by atoms with Gasteiger partial charge in [-0.2, -0.15) is 5.10 Å². The van der Waals surface area contributed by atoms with Crippen molar-refractivity contribution in [1.82, 2.24) is 4.31 Å². The van der Waals surface area contributed by atoms with E-state index in [0.29, 0.717) is 15.6 Å². The number of hydrogen-bond donors (Lipinski definition) is 1. The first-order valence-corrected chi connectivity index (χ1v) is 9.27. The molecule has 2 aromatic carbocycles. The van der Waals surface area contributed by atoms with Crippen LogP contribution in [-0.4, -0.2) is 38.0 Å². The minimum Gasteiger partial charge on any atom is -0.277 e. The number of halogens is 2. The van der Waals surface area contributed by atoms with E-state index >= 15 is 0 Å². The molecule has 0 amide bonds. The van der Waals surface area contributed by atoms with Crippen LogP contribution in [0, 0.1) is 10.1 Å². The van der Waals surface area contributed by atoms with Gasteiger partial charge in [0.1, 0.15) is 4.90 Å². The van der Waals surface area contributed by atoms with Crippen molar-refractivity contribution < 1.29 is 13.3 Å². The van der Waals surface area contributed by atoms with Gasteiger partial charge in [0.05, 0.1) is 21.8 Å². The summed E-state index contributed by atoms with van der Waals surface area (Å²) in [6.45, 7) is 0.